The van der Waals surface area contributed by atoms with Gasteiger partial charge in [0.05, 0.1) is 159 Å². The van der Waals surface area contributed by atoms with Gasteiger partial charge in [-0.3, -0.25) is 0 Å². The molecule has 0 bridgehead atoms. The standard InChI is InChI=1S/2C12H24O6.4C4H8O.2HI.2K/c2*1-2-14-5-6-16-9-10-18-12-11-17-8-7-15-4-3-13-1;4*1-2-4-5-3-1;;;;/h2*1-12H2;4*1-4H2;2*1H;;/q;;;;;;;;2*+1/p-2. The largest absolute Gasteiger partial charge is 1.00 e. The van der Waals surface area contributed by atoms with Crippen LogP contribution in [0.5, 0.6) is 0 Å². The van der Waals surface area contributed by atoms with E-state index in [1.807, 2.05) is 0 Å². The molecule has 0 amide bonds. The predicted molar refractivity (Wildman–Crippen MR) is 210 cm³/mol. The fourth-order valence-corrected chi connectivity index (χ4v) is 4.68. The van der Waals surface area contributed by atoms with Crippen LogP contribution in [0.25, 0.3) is 0 Å². The van der Waals surface area contributed by atoms with Crippen LogP contribution in [0.1, 0.15) is 51.4 Å². The summed E-state index contributed by atoms with van der Waals surface area (Å²) in [6.45, 7) is 22.1. The van der Waals surface area contributed by atoms with E-state index in [2.05, 4.69) is 0 Å². The molecule has 0 aromatic heterocycles. The quantitative estimate of drug-likeness (QED) is 0.167. The van der Waals surface area contributed by atoms with E-state index in [9.17, 15) is 0 Å². The third-order valence-corrected chi connectivity index (χ3v) is 7.77. The molecule has 6 aliphatic heterocycles. The van der Waals surface area contributed by atoms with Gasteiger partial charge in [-0.2, -0.15) is 0 Å². The molecule has 6 saturated heterocycles. The zero-order chi connectivity index (χ0) is 39.6. The fourth-order valence-electron chi connectivity index (χ4n) is 4.68. The molecule has 0 radical (unpaired) electrons. The zero-order valence-electron chi connectivity index (χ0n) is 37.6. The van der Waals surface area contributed by atoms with Gasteiger partial charge in [-0.1, -0.05) is 0 Å². The Kier molecular flexibility index (Phi) is 79.3. The van der Waals surface area contributed by atoms with Crippen LogP contribution in [0.2, 0.25) is 0 Å². The van der Waals surface area contributed by atoms with Gasteiger partial charge < -0.3 is 124 Å². The summed E-state index contributed by atoms with van der Waals surface area (Å²) in [6.07, 6.45) is 10.2. The molecular weight excluding hydrogens is 1070 g/mol. The van der Waals surface area contributed by atoms with Crippen LogP contribution in [0.3, 0.4) is 0 Å². The SMILES string of the molecule is C1CCOC1.C1CCOC1.C1CCOC1.C1CCOC1.C1COCCOCCOCCOCCOCCO1.C1COCCOCCOCCOCCOCCO1.[I-].[I-].[K+].[K+]. The Hall–Kier alpha value is 4.09. The van der Waals surface area contributed by atoms with Gasteiger partial charge >= 0.3 is 103 Å². The summed E-state index contributed by atoms with van der Waals surface area (Å²) >= 11 is 0. The maximum absolute atomic E-state index is 5.33. The Balaban J connectivity index is -0.000000342. The fraction of sp³-hybridized carbons (Fsp3) is 1.00. The van der Waals surface area contributed by atoms with E-state index < -0.39 is 0 Å². The molecule has 0 atom stereocenters. The third-order valence-electron chi connectivity index (χ3n) is 7.77. The number of halogens is 2. The second-order valence-electron chi connectivity index (χ2n) is 12.6. The summed E-state index contributed by atoms with van der Waals surface area (Å²) < 4.78 is 83.7. The molecule has 0 saturated carbocycles. The van der Waals surface area contributed by atoms with Crippen LogP contribution in [-0.4, -0.2) is 211 Å². The summed E-state index contributed by atoms with van der Waals surface area (Å²) in [4.78, 5) is 0. The Bertz CT molecular complexity index is 451. The van der Waals surface area contributed by atoms with Gasteiger partial charge in [0.1, 0.15) is 0 Å². The summed E-state index contributed by atoms with van der Waals surface area (Å²) in [7, 11) is 0. The monoisotopic (exact) mass is 1150 g/mol. The molecule has 0 N–H and O–H groups in total. The van der Waals surface area contributed by atoms with E-state index in [0.29, 0.717) is 159 Å². The minimum Gasteiger partial charge on any atom is -1.00 e. The summed E-state index contributed by atoms with van der Waals surface area (Å²) in [6, 6.07) is 0. The maximum Gasteiger partial charge on any atom is 1.00 e. The van der Waals surface area contributed by atoms with Crippen molar-refractivity contribution in [2.24, 2.45) is 0 Å². The maximum atomic E-state index is 5.33. The molecule has 20 heteroatoms. The van der Waals surface area contributed by atoms with Gasteiger partial charge in [0, 0.05) is 52.9 Å². The predicted octanol–water partition coefficient (Wildman–Crippen LogP) is -8.60. The van der Waals surface area contributed by atoms with E-state index >= 15 is 0 Å². The van der Waals surface area contributed by atoms with E-state index in [1.54, 1.807) is 0 Å². The Labute approximate surface area is 482 Å². The van der Waals surface area contributed by atoms with Crippen molar-refractivity contribution in [3.8, 4) is 0 Å². The minimum absolute atomic E-state index is 0. The average molecular weight is 1150 g/mol. The molecule has 6 rings (SSSR count). The summed E-state index contributed by atoms with van der Waals surface area (Å²) in [5.74, 6) is 0. The minimum atomic E-state index is 0. The molecular formula is C40H80I2K2O16. The number of hydrogen-bond donors (Lipinski definition) is 0. The Morgan fingerprint density at radius 3 is 0.233 bits per heavy atom. The van der Waals surface area contributed by atoms with E-state index in [4.69, 9.17) is 75.8 Å². The molecule has 0 aliphatic carbocycles. The molecule has 0 unspecified atom stereocenters. The van der Waals surface area contributed by atoms with Crippen LogP contribution >= 0.6 is 0 Å². The molecule has 0 aromatic carbocycles. The smallest absolute Gasteiger partial charge is 1.00 e. The van der Waals surface area contributed by atoms with E-state index in [0.717, 1.165) is 52.9 Å². The molecule has 60 heavy (non-hydrogen) atoms. The van der Waals surface area contributed by atoms with Gasteiger partial charge in [0.15, 0.2) is 0 Å². The molecule has 0 spiro atoms. The van der Waals surface area contributed by atoms with Crippen molar-refractivity contribution in [2.75, 3.05) is 211 Å². The Morgan fingerprint density at radius 1 is 0.117 bits per heavy atom. The first kappa shape index (κ1) is 70.7. The number of ether oxygens (including phenoxy) is 16. The van der Waals surface area contributed by atoms with Crippen molar-refractivity contribution in [2.45, 2.75) is 51.4 Å². The van der Waals surface area contributed by atoms with Gasteiger partial charge in [0.2, 0.25) is 0 Å². The first-order chi connectivity index (χ1) is 28.0. The molecule has 0 aromatic rings. The molecule has 6 aliphatic rings. The molecule has 16 nitrogen and oxygen atoms in total. The Morgan fingerprint density at radius 2 is 0.183 bits per heavy atom. The van der Waals surface area contributed by atoms with E-state index in [1.165, 1.54) is 51.4 Å². The van der Waals surface area contributed by atoms with Crippen LogP contribution in [0, 0.1) is 0 Å². The second-order valence-corrected chi connectivity index (χ2v) is 12.6. The van der Waals surface area contributed by atoms with Crippen LogP contribution in [-0.2, 0) is 75.8 Å². The van der Waals surface area contributed by atoms with Crippen LogP contribution in [0.4, 0.5) is 0 Å². The van der Waals surface area contributed by atoms with Crippen molar-refractivity contribution >= 4 is 0 Å². The van der Waals surface area contributed by atoms with Gasteiger partial charge in [-0.15, -0.1) is 0 Å². The first-order valence-electron chi connectivity index (χ1n) is 21.2. The molecule has 6 heterocycles. The van der Waals surface area contributed by atoms with Crippen molar-refractivity contribution in [3.05, 3.63) is 0 Å². The van der Waals surface area contributed by atoms with Gasteiger partial charge in [0.25, 0.3) is 0 Å². The first-order valence-corrected chi connectivity index (χ1v) is 21.2. The zero-order valence-corrected chi connectivity index (χ0v) is 48.1. The van der Waals surface area contributed by atoms with Crippen molar-refractivity contribution in [1.82, 2.24) is 0 Å². The number of hydrogen-bond acceptors (Lipinski definition) is 16. The summed E-state index contributed by atoms with van der Waals surface area (Å²) in [5.41, 5.74) is 0. The average Bonchev–Trinajstić information content (AvgIpc) is 4.09. The molecule has 352 valence electrons. The third kappa shape index (κ3) is 64.2. The van der Waals surface area contributed by atoms with Crippen LogP contribution in [0.15, 0.2) is 0 Å². The topological polar surface area (TPSA) is 148 Å². The van der Waals surface area contributed by atoms with Crippen molar-refractivity contribution < 1.29 is 227 Å². The summed E-state index contributed by atoms with van der Waals surface area (Å²) in [5, 5.41) is 0. The molecule has 6 fully saturated rings. The number of rotatable bonds is 0. The van der Waals surface area contributed by atoms with E-state index in [-0.39, 0.29) is 151 Å². The van der Waals surface area contributed by atoms with Crippen molar-refractivity contribution in [1.29, 1.82) is 0 Å². The van der Waals surface area contributed by atoms with Crippen LogP contribution < -0.4 is 151 Å². The van der Waals surface area contributed by atoms with Gasteiger partial charge in [-0.05, 0) is 51.4 Å². The van der Waals surface area contributed by atoms with Gasteiger partial charge in [-0.25, -0.2) is 0 Å². The second kappa shape index (κ2) is 67.4. The van der Waals surface area contributed by atoms with Crippen molar-refractivity contribution in [3.63, 3.8) is 0 Å². The normalized spacial score (nSPS) is 22.4.